The Hall–Kier alpha value is -1.40. The van der Waals surface area contributed by atoms with Gasteiger partial charge in [0.05, 0.1) is 11.2 Å². The monoisotopic (exact) mass is 305 g/mol. The van der Waals surface area contributed by atoms with E-state index in [1.807, 2.05) is 27.7 Å². The lowest BCUT2D eigenvalue weighted by Crippen LogP contribution is -2.42. The van der Waals surface area contributed by atoms with Crippen LogP contribution in [0.25, 0.3) is 0 Å². The number of likely N-dealkylation sites (tertiary alicyclic amines) is 1. The van der Waals surface area contributed by atoms with Crippen LogP contribution in [0.3, 0.4) is 0 Å². The number of halogens is 1. The molecule has 0 aliphatic carbocycles. The molecule has 1 aromatic rings. The summed E-state index contributed by atoms with van der Waals surface area (Å²) < 4.78 is 26.1. The van der Waals surface area contributed by atoms with Gasteiger partial charge >= 0.3 is 7.12 Å². The van der Waals surface area contributed by atoms with Crippen molar-refractivity contribution in [3.63, 3.8) is 0 Å². The number of rotatable bonds is 2. The van der Waals surface area contributed by atoms with Crippen LogP contribution in [0.4, 0.5) is 4.39 Å². The standard InChI is InChI=1S/C16H21BFNO3/c1-15(2)16(3,4)22-17(21-15)12-7-6-11(10-13(12)18)14(20)19-8-5-9-19/h6-7,10H,5,8-9H2,1-4H3. The molecule has 0 aromatic heterocycles. The highest BCUT2D eigenvalue weighted by atomic mass is 19.1. The fourth-order valence-electron chi connectivity index (χ4n) is 2.52. The molecule has 0 saturated carbocycles. The van der Waals surface area contributed by atoms with Crippen LogP contribution in [0.5, 0.6) is 0 Å². The highest BCUT2D eigenvalue weighted by molar-refractivity contribution is 6.62. The topological polar surface area (TPSA) is 38.8 Å². The van der Waals surface area contributed by atoms with E-state index in [0.717, 1.165) is 19.5 Å². The predicted molar refractivity (Wildman–Crippen MR) is 82.6 cm³/mol. The van der Waals surface area contributed by atoms with Crippen molar-refractivity contribution < 1.29 is 18.5 Å². The van der Waals surface area contributed by atoms with E-state index in [-0.39, 0.29) is 5.91 Å². The number of hydrogen-bond donors (Lipinski definition) is 0. The molecule has 0 atom stereocenters. The third kappa shape index (κ3) is 2.44. The van der Waals surface area contributed by atoms with Gasteiger partial charge in [0.15, 0.2) is 0 Å². The van der Waals surface area contributed by atoms with Crippen LogP contribution in [-0.2, 0) is 9.31 Å². The van der Waals surface area contributed by atoms with E-state index in [9.17, 15) is 9.18 Å². The fraction of sp³-hybridized carbons (Fsp3) is 0.562. The molecule has 2 fully saturated rings. The summed E-state index contributed by atoms with van der Waals surface area (Å²) in [4.78, 5) is 13.8. The Morgan fingerprint density at radius 2 is 1.77 bits per heavy atom. The second kappa shape index (κ2) is 5.06. The van der Waals surface area contributed by atoms with Crippen LogP contribution in [0, 0.1) is 5.82 Å². The van der Waals surface area contributed by atoms with E-state index >= 15 is 0 Å². The molecule has 3 rings (SSSR count). The molecule has 0 spiro atoms. The molecule has 2 aliphatic heterocycles. The van der Waals surface area contributed by atoms with Crippen molar-refractivity contribution in [2.75, 3.05) is 13.1 Å². The van der Waals surface area contributed by atoms with E-state index in [1.165, 1.54) is 6.07 Å². The van der Waals surface area contributed by atoms with E-state index in [4.69, 9.17) is 9.31 Å². The van der Waals surface area contributed by atoms with Crippen LogP contribution in [0.15, 0.2) is 18.2 Å². The van der Waals surface area contributed by atoms with E-state index in [2.05, 4.69) is 0 Å². The van der Waals surface area contributed by atoms with Gasteiger partial charge in [0.1, 0.15) is 5.82 Å². The third-order valence-corrected chi connectivity index (χ3v) is 4.90. The Balaban J connectivity index is 1.83. The van der Waals surface area contributed by atoms with Gasteiger partial charge in [-0.25, -0.2) is 4.39 Å². The second-order valence-electron chi connectivity index (χ2n) is 6.97. The maximum atomic E-state index is 14.4. The molecule has 2 saturated heterocycles. The van der Waals surface area contributed by atoms with Crippen LogP contribution in [0.1, 0.15) is 44.5 Å². The molecule has 2 heterocycles. The average Bonchev–Trinajstić information content (AvgIpc) is 2.55. The molecule has 1 aromatic carbocycles. The molecule has 118 valence electrons. The zero-order valence-electron chi connectivity index (χ0n) is 13.5. The number of carbonyl (C=O) groups is 1. The van der Waals surface area contributed by atoms with E-state index in [1.54, 1.807) is 17.0 Å². The fourth-order valence-corrected chi connectivity index (χ4v) is 2.52. The lowest BCUT2D eigenvalue weighted by atomic mass is 9.78. The summed E-state index contributed by atoms with van der Waals surface area (Å²) >= 11 is 0. The van der Waals surface area contributed by atoms with Gasteiger partial charge in [0.25, 0.3) is 5.91 Å². The quantitative estimate of drug-likeness (QED) is 0.784. The minimum Gasteiger partial charge on any atom is -0.399 e. The summed E-state index contributed by atoms with van der Waals surface area (Å²) in [7, 11) is -0.752. The first-order valence-electron chi connectivity index (χ1n) is 7.66. The first-order valence-corrected chi connectivity index (χ1v) is 7.66. The number of carbonyl (C=O) groups excluding carboxylic acids is 1. The normalized spacial score (nSPS) is 22.6. The summed E-state index contributed by atoms with van der Waals surface area (Å²) in [5.74, 6) is -0.588. The van der Waals surface area contributed by atoms with Crippen molar-refractivity contribution >= 4 is 18.5 Å². The molecule has 0 unspecified atom stereocenters. The minimum absolute atomic E-state index is 0.120. The zero-order chi connectivity index (χ0) is 16.1. The van der Waals surface area contributed by atoms with Gasteiger partial charge in [0, 0.05) is 24.1 Å². The maximum Gasteiger partial charge on any atom is 0.497 e. The number of benzene rings is 1. The predicted octanol–water partition coefficient (Wildman–Crippen LogP) is 1.97. The van der Waals surface area contributed by atoms with Crippen molar-refractivity contribution in [3.05, 3.63) is 29.6 Å². The SMILES string of the molecule is CC1(C)OB(c2ccc(C(=O)N3CCC3)cc2F)OC1(C)C. The Morgan fingerprint density at radius 3 is 2.23 bits per heavy atom. The van der Waals surface area contributed by atoms with E-state index in [0.29, 0.717) is 11.0 Å². The molecule has 4 nitrogen and oxygen atoms in total. The average molecular weight is 305 g/mol. The molecule has 2 aliphatic rings. The van der Waals surface area contributed by atoms with Gasteiger partial charge in [-0.2, -0.15) is 0 Å². The lowest BCUT2D eigenvalue weighted by molar-refractivity contribution is 0.00578. The first kappa shape index (κ1) is 15.5. The zero-order valence-corrected chi connectivity index (χ0v) is 13.5. The number of nitrogens with zero attached hydrogens (tertiary/aromatic N) is 1. The summed E-state index contributed by atoms with van der Waals surface area (Å²) in [5.41, 5.74) is -0.330. The smallest absolute Gasteiger partial charge is 0.399 e. The van der Waals surface area contributed by atoms with Crippen molar-refractivity contribution in [3.8, 4) is 0 Å². The molecule has 1 amide bonds. The van der Waals surface area contributed by atoms with Crippen LogP contribution < -0.4 is 5.46 Å². The molecule has 0 bridgehead atoms. The summed E-state index contributed by atoms with van der Waals surface area (Å²) in [6.45, 7) is 9.19. The van der Waals surface area contributed by atoms with Gasteiger partial charge in [-0.05, 0) is 46.2 Å². The van der Waals surface area contributed by atoms with Gasteiger partial charge < -0.3 is 14.2 Å². The van der Waals surface area contributed by atoms with Gasteiger partial charge in [-0.15, -0.1) is 0 Å². The third-order valence-electron chi connectivity index (χ3n) is 4.90. The molecule has 0 radical (unpaired) electrons. The summed E-state index contributed by atoms with van der Waals surface area (Å²) in [6, 6.07) is 4.51. The Labute approximate surface area is 130 Å². The van der Waals surface area contributed by atoms with Crippen molar-refractivity contribution in [2.24, 2.45) is 0 Å². The summed E-state index contributed by atoms with van der Waals surface area (Å²) in [5, 5.41) is 0. The Kier molecular flexibility index (Phi) is 3.57. The molecule has 6 heteroatoms. The maximum absolute atomic E-state index is 14.4. The Morgan fingerprint density at radius 1 is 1.18 bits per heavy atom. The van der Waals surface area contributed by atoms with Crippen LogP contribution >= 0.6 is 0 Å². The summed E-state index contributed by atoms with van der Waals surface area (Å²) in [6.07, 6.45) is 1.01. The molecule has 22 heavy (non-hydrogen) atoms. The van der Waals surface area contributed by atoms with Crippen molar-refractivity contribution in [1.82, 2.24) is 4.90 Å². The highest BCUT2D eigenvalue weighted by Crippen LogP contribution is 2.36. The minimum atomic E-state index is -0.752. The van der Waals surface area contributed by atoms with Crippen molar-refractivity contribution in [1.29, 1.82) is 0 Å². The molecular formula is C16H21BFNO3. The number of hydrogen-bond acceptors (Lipinski definition) is 3. The first-order chi connectivity index (χ1) is 10.2. The van der Waals surface area contributed by atoms with Gasteiger partial charge in [-0.1, -0.05) is 6.07 Å². The Bertz CT molecular complexity index is 597. The van der Waals surface area contributed by atoms with E-state index < -0.39 is 24.1 Å². The molecular weight excluding hydrogens is 284 g/mol. The van der Waals surface area contributed by atoms with Crippen molar-refractivity contribution in [2.45, 2.75) is 45.3 Å². The number of amides is 1. The van der Waals surface area contributed by atoms with Gasteiger partial charge in [0.2, 0.25) is 0 Å². The van der Waals surface area contributed by atoms with Crippen LogP contribution in [0.2, 0.25) is 0 Å². The lowest BCUT2D eigenvalue weighted by Gasteiger charge is -2.32. The van der Waals surface area contributed by atoms with Crippen LogP contribution in [-0.4, -0.2) is 42.2 Å². The molecule has 0 N–H and O–H groups in total. The largest absolute Gasteiger partial charge is 0.497 e. The highest BCUT2D eigenvalue weighted by Gasteiger charge is 2.52. The van der Waals surface area contributed by atoms with Gasteiger partial charge in [-0.3, -0.25) is 4.79 Å². The second-order valence-corrected chi connectivity index (χ2v) is 6.97.